The zero-order valence-corrected chi connectivity index (χ0v) is 8.74. The van der Waals surface area contributed by atoms with Gasteiger partial charge in [0.05, 0.1) is 7.11 Å². The average molecular weight is 197 g/mol. The van der Waals surface area contributed by atoms with Crippen molar-refractivity contribution in [1.82, 2.24) is 4.90 Å². The molecule has 1 unspecified atom stereocenters. The van der Waals surface area contributed by atoms with Crippen LogP contribution in [0.2, 0.25) is 0 Å². The van der Waals surface area contributed by atoms with Crippen LogP contribution in [0, 0.1) is 5.92 Å². The lowest BCUT2D eigenvalue weighted by atomic mass is 10.1. The molecule has 0 amide bonds. The summed E-state index contributed by atoms with van der Waals surface area (Å²) in [5, 5.41) is 0. The van der Waals surface area contributed by atoms with Crippen LogP contribution in [0.15, 0.2) is 11.8 Å². The lowest BCUT2D eigenvalue weighted by molar-refractivity contribution is -0.147. The first-order valence-corrected chi connectivity index (χ1v) is 4.55. The Morgan fingerprint density at radius 1 is 1.57 bits per heavy atom. The molecular weight excluding hydrogens is 182 g/mol. The minimum atomic E-state index is -0.578. The Morgan fingerprint density at radius 2 is 2.21 bits per heavy atom. The van der Waals surface area contributed by atoms with Crippen LogP contribution in [0.4, 0.5) is 0 Å². The van der Waals surface area contributed by atoms with Crippen LogP contribution in [0.5, 0.6) is 0 Å². The highest BCUT2D eigenvalue weighted by Gasteiger charge is 2.35. The summed E-state index contributed by atoms with van der Waals surface area (Å²) in [6, 6.07) is 0. The smallest absolute Gasteiger partial charge is 0.316 e. The monoisotopic (exact) mass is 197 g/mol. The highest BCUT2D eigenvalue weighted by Crippen LogP contribution is 2.27. The number of hydrogen-bond donors (Lipinski definition) is 0. The van der Waals surface area contributed by atoms with E-state index in [-0.39, 0.29) is 5.78 Å². The van der Waals surface area contributed by atoms with Gasteiger partial charge in [0.25, 0.3) is 0 Å². The topological polar surface area (TPSA) is 46.6 Å². The maximum Gasteiger partial charge on any atom is 0.316 e. The Labute approximate surface area is 83.5 Å². The highest BCUT2D eigenvalue weighted by atomic mass is 16.5. The molecular formula is C10H15NO3. The van der Waals surface area contributed by atoms with Gasteiger partial charge in [-0.3, -0.25) is 9.59 Å². The molecule has 14 heavy (non-hydrogen) atoms. The van der Waals surface area contributed by atoms with Gasteiger partial charge in [-0.1, -0.05) is 0 Å². The Bertz CT molecular complexity index is 281. The molecule has 4 nitrogen and oxygen atoms in total. The van der Waals surface area contributed by atoms with E-state index in [1.54, 1.807) is 6.20 Å². The molecule has 0 bridgehead atoms. The number of nitrogens with zero attached hydrogens (tertiary/aromatic N) is 1. The normalized spacial score (nSPS) is 24.1. The number of esters is 1. The molecule has 1 aliphatic carbocycles. The summed E-state index contributed by atoms with van der Waals surface area (Å²) >= 11 is 0. The van der Waals surface area contributed by atoms with Gasteiger partial charge in [0.2, 0.25) is 0 Å². The molecule has 4 heteroatoms. The van der Waals surface area contributed by atoms with E-state index < -0.39 is 11.9 Å². The van der Waals surface area contributed by atoms with E-state index >= 15 is 0 Å². The fourth-order valence-electron chi connectivity index (χ4n) is 1.58. The van der Waals surface area contributed by atoms with Gasteiger partial charge >= 0.3 is 5.97 Å². The van der Waals surface area contributed by atoms with Crippen LogP contribution in [-0.2, 0) is 14.3 Å². The number of rotatable bonds is 2. The molecule has 0 aromatic rings. The fraction of sp³-hybridized carbons (Fsp3) is 0.600. The number of carbonyl (C=O) groups excluding carboxylic acids is 2. The highest BCUT2D eigenvalue weighted by molar-refractivity contribution is 6.10. The minimum absolute atomic E-state index is 0.0921. The summed E-state index contributed by atoms with van der Waals surface area (Å²) in [4.78, 5) is 24.6. The Balaban J connectivity index is 2.74. The van der Waals surface area contributed by atoms with Crippen LogP contribution >= 0.6 is 0 Å². The van der Waals surface area contributed by atoms with Crippen molar-refractivity contribution in [1.29, 1.82) is 0 Å². The van der Waals surface area contributed by atoms with E-state index in [9.17, 15) is 9.59 Å². The van der Waals surface area contributed by atoms with Crippen LogP contribution in [0.1, 0.15) is 12.8 Å². The average Bonchev–Trinajstić information content (AvgIpc) is 2.46. The summed E-state index contributed by atoms with van der Waals surface area (Å²) in [5.74, 6) is -1.09. The zero-order valence-electron chi connectivity index (χ0n) is 8.74. The van der Waals surface area contributed by atoms with Crippen molar-refractivity contribution in [2.75, 3.05) is 21.2 Å². The Morgan fingerprint density at radius 3 is 2.71 bits per heavy atom. The molecule has 1 saturated carbocycles. The van der Waals surface area contributed by atoms with E-state index in [0.717, 1.165) is 0 Å². The Hall–Kier alpha value is -1.32. The molecule has 0 radical (unpaired) electrons. The molecule has 1 aliphatic rings. The Kier molecular flexibility index (Phi) is 3.28. The molecule has 0 heterocycles. The molecule has 0 aliphatic heterocycles. The zero-order chi connectivity index (χ0) is 10.7. The maximum absolute atomic E-state index is 11.6. The van der Waals surface area contributed by atoms with Crippen molar-refractivity contribution in [3.05, 3.63) is 11.8 Å². The van der Waals surface area contributed by atoms with Crippen molar-refractivity contribution in [2.45, 2.75) is 12.8 Å². The SMILES string of the molecule is COC(=O)C1CCC(=CN(C)C)C1=O. The minimum Gasteiger partial charge on any atom is -0.468 e. The third kappa shape index (κ3) is 2.13. The predicted octanol–water partition coefficient (Wildman–Crippen LogP) is 0.584. The summed E-state index contributed by atoms with van der Waals surface area (Å²) in [7, 11) is 5.01. The molecule has 1 atom stereocenters. The number of ether oxygens (including phenoxy) is 1. The van der Waals surface area contributed by atoms with Crippen LogP contribution < -0.4 is 0 Å². The van der Waals surface area contributed by atoms with Gasteiger partial charge in [0.15, 0.2) is 5.78 Å². The van der Waals surface area contributed by atoms with Crippen molar-refractivity contribution in [2.24, 2.45) is 5.92 Å². The van der Waals surface area contributed by atoms with Gasteiger partial charge in [0.1, 0.15) is 5.92 Å². The van der Waals surface area contributed by atoms with Gasteiger partial charge in [-0.25, -0.2) is 0 Å². The molecule has 0 N–H and O–H groups in total. The molecule has 1 rings (SSSR count). The molecule has 1 fully saturated rings. The molecule has 78 valence electrons. The third-order valence-corrected chi connectivity index (χ3v) is 2.24. The summed E-state index contributed by atoms with van der Waals surface area (Å²) < 4.78 is 4.56. The van der Waals surface area contributed by atoms with Crippen molar-refractivity contribution < 1.29 is 14.3 Å². The van der Waals surface area contributed by atoms with Crippen molar-refractivity contribution in [3.63, 3.8) is 0 Å². The lowest BCUT2D eigenvalue weighted by Crippen LogP contribution is -2.21. The van der Waals surface area contributed by atoms with Crippen LogP contribution in [-0.4, -0.2) is 37.9 Å². The first kappa shape index (κ1) is 10.8. The number of hydrogen-bond acceptors (Lipinski definition) is 4. The predicted molar refractivity (Wildman–Crippen MR) is 51.5 cm³/mol. The number of Topliss-reactive ketones (excluding diaryl/α,β-unsaturated/α-hetero) is 1. The maximum atomic E-state index is 11.6. The standard InChI is InChI=1S/C10H15NO3/c1-11(2)6-7-4-5-8(9(7)12)10(13)14-3/h6,8H,4-5H2,1-3H3. The second kappa shape index (κ2) is 4.26. The van der Waals surface area contributed by atoms with Crippen LogP contribution in [0.25, 0.3) is 0 Å². The van der Waals surface area contributed by atoms with Crippen molar-refractivity contribution in [3.8, 4) is 0 Å². The van der Waals surface area contributed by atoms with Gasteiger partial charge in [0, 0.05) is 25.9 Å². The summed E-state index contributed by atoms with van der Waals surface area (Å²) in [6.45, 7) is 0. The largest absolute Gasteiger partial charge is 0.468 e. The van der Waals surface area contributed by atoms with E-state index in [2.05, 4.69) is 4.74 Å². The van der Waals surface area contributed by atoms with E-state index in [1.807, 2.05) is 19.0 Å². The van der Waals surface area contributed by atoms with E-state index in [4.69, 9.17) is 0 Å². The van der Waals surface area contributed by atoms with Gasteiger partial charge in [-0.15, -0.1) is 0 Å². The second-order valence-corrected chi connectivity index (χ2v) is 3.60. The second-order valence-electron chi connectivity index (χ2n) is 3.60. The first-order valence-electron chi connectivity index (χ1n) is 4.55. The third-order valence-electron chi connectivity index (χ3n) is 2.24. The lowest BCUT2D eigenvalue weighted by Gasteiger charge is -2.06. The number of methoxy groups -OCH3 is 1. The fourth-order valence-corrected chi connectivity index (χ4v) is 1.58. The van der Waals surface area contributed by atoms with Crippen LogP contribution in [0.3, 0.4) is 0 Å². The number of carbonyl (C=O) groups is 2. The van der Waals surface area contributed by atoms with Gasteiger partial charge in [-0.05, 0) is 12.8 Å². The summed E-state index contributed by atoms with van der Waals surface area (Å²) in [6.07, 6.45) is 3.01. The molecule has 0 aromatic carbocycles. The van der Waals surface area contributed by atoms with Gasteiger partial charge in [-0.2, -0.15) is 0 Å². The van der Waals surface area contributed by atoms with Gasteiger partial charge < -0.3 is 9.64 Å². The van der Waals surface area contributed by atoms with Crippen molar-refractivity contribution >= 4 is 11.8 Å². The molecule has 0 aromatic heterocycles. The van der Waals surface area contributed by atoms with E-state index in [1.165, 1.54) is 7.11 Å². The quantitative estimate of drug-likeness (QED) is 0.369. The summed E-state index contributed by atoms with van der Waals surface area (Å²) in [5.41, 5.74) is 0.713. The molecule has 0 spiro atoms. The number of allylic oxidation sites excluding steroid dienone is 1. The van der Waals surface area contributed by atoms with E-state index in [0.29, 0.717) is 18.4 Å². The number of ketones is 1. The molecule has 0 saturated heterocycles. The first-order chi connectivity index (χ1) is 6.56.